The van der Waals surface area contributed by atoms with Crippen molar-refractivity contribution in [3.8, 4) is 28.7 Å². The number of esters is 5. The summed E-state index contributed by atoms with van der Waals surface area (Å²) in [6.07, 6.45) is 1.43. The Morgan fingerprint density at radius 3 is 1.26 bits per heavy atom. The quantitative estimate of drug-likeness (QED) is 0.189. The third-order valence-electron chi connectivity index (χ3n) is 4.96. The van der Waals surface area contributed by atoms with E-state index in [0.717, 1.165) is 0 Å². The van der Waals surface area contributed by atoms with E-state index in [9.17, 15) is 24.0 Å². The molecule has 218 valence electrons. The molecular formula is C32H30O10. The molecule has 10 nitrogen and oxygen atoms in total. The highest BCUT2D eigenvalue weighted by atomic mass is 16.6. The number of hydrogen-bond donors (Lipinski definition) is 0. The molecule has 0 radical (unpaired) electrons. The fourth-order valence-corrected chi connectivity index (χ4v) is 2.76. The molecule has 0 aliphatic heterocycles. The number of ether oxygens (including phenoxy) is 5. The molecule has 2 rings (SSSR count). The van der Waals surface area contributed by atoms with Gasteiger partial charge in [-0.05, 0) is 58.4 Å². The Morgan fingerprint density at radius 1 is 0.500 bits per heavy atom. The van der Waals surface area contributed by atoms with Crippen LogP contribution in [0.2, 0.25) is 0 Å². The maximum Gasteiger partial charge on any atom is 0.339 e. The molecule has 0 aliphatic rings. The summed E-state index contributed by atoms with van der Waals surface area (Å²) in [6.45, 7) is 21.3. The van der Waals surface area contributed by atoms with Crippen LogP contribution in [0.4, 0.5) is 0 Å². The summed E-state index contributed by atoms with van der Waals surface area (Å²) in [6, 6.07) is 8.05. The van der Waals surface area contributed by atoms with E-state index in [1.165, 1.54) is 77.1 Å². The molecule has 2 aromatic rings. The van der Waals surface area contributed by atoms with Crippen LogP contribution in [0, 0.1) is 0 Å². The fourth-order valence-electron chi connectivity index (χ4n) is 2.76. The molecule has 2 aromatic carbocycles. The van der Waals surface area contributed by atoms with E-state index in [2.05, 4.69) is 26.3 Å². The predicted octanol–water partition coefficient (Wildman–Crippen LogP) is 5.62. The summed E-state index contributed by atoms with van der Waals surface area (Å²) < 4.78 is 26.4. The van der Waals surface area contributed by atoms with Gasteiger partial charge in [0.05, 0.1) is 0 Å². The lowest BCUT2D eigenvalue weighted by Gasteiger charge is -2.12. The lowest BCUT2D eigenvalue weighted by atomic mass is 10.1. The average Bonchev–Trinajstić information content (AvgIpc) is 2.89. The minimum atomic E-state index is -0.811. The molecule has 0 fully saturated rings. The lowest BCUT2D eigenvalue weighted by molar-refractivity contribution is -0.132. The van der Waals surface area contributed by atoms with Crippen LogP contribution in [-0.4, -0.2) is 29.8 Å². The van der Waals surface area contributed by atoms with Crippen LogP contribution in [0.1, 0.15) is 40.2 Å². The van der Waals surface area contributed by atoms with Gasteiger partial charge in [0.1, 0.15) is 17.2 Å². The van der Waals surface area contributed by atoms with Gasteiger partial charge in [-0.15, -0.1) is 0 Å². The molecule has 42 heavy (non-hydrogen) atoms. The number of benzene rings is 2. The first kappa shape index (κ1) is 32.7. The molecule has 0 spiro atoms. The van der Waals surface area contributed by atoms with Crippen molar-refractivity contribution in [3.05, 3.63) is 96.1 Å². The van der Waals surface area contributed by atoms with Gasteiger partial charge in [-0.3, -0.25) is 0 Å². The van der Waals surface area contributed by atoms with Gasteiger partial charge in [-0.25, -0.2) is 24.0 Å². The number of carbonyl (C=O) groups excluding carboxylic acids is 5. The third-order valence-corrected chi connectivity index (χ3v) is 4.96. The first-order valence-electron chi connectivity index (χ1n) is 12.3. The monoisotopic (exact) mass is 574 g/mol. The number of carbonyl (C=O) groups is 5. The molecule has 0 aliphatic carbocycles. The molecule has 0 amide bonds. The van der Waals surface area contributed by atoms with Crippen LogP contribution in [0.3, 0.4) is 0 Å². The van der Waals surface area contributed by atoms with Crippen LogP contribution in [0.15, 0.2) is 90.6 Å². The van der Waals surface area contributed by atoms with Gasteiger partial charge >= 0.3 is 29.8 Å². The second-order valence-corrected chi connectivity index (χ2v) is 9.24. The first-order chi connectivity index (χ1) is 19.6. The van der Waals surface area contributed by atoms with Gasteiger partial charge in [0.2, 0.25) is 0 Å². The zero-order valence-corrected chi connectivity index (χ0v) is 24.0. The number of hydrogen-bond acceptors (Lipinski definition) is 10. The van der Waals surface area contributed by atoms with Crippen molar-refractivity contribution in [1.29, 1.82) is 0 Å². The van der Waals surface area contributed by atoms with E-state index in [4.69, 9.17) is 23.7 Å². The van der Waals surface area contributed by atoms with Gasteiger partial charge in [-0.2, -0.15) is 0 Å². The Morgan fingerprint density at radius 2 is 0.857 bits per heavy atom. The molecule has 0 heterocycles. The summed E-state index contributed by atoms with van der Waals surface area (Å²) in [7, 11) is 0. The van der Waals surface area contributed by atoms with Crippen molar-refractivity contribution in [2.45, 2.75) is 34.6 Å². The zero-order chi connectivity index (χ0) is 31.7. The van der Waals surface area contributed by atoms with Gasteiger partial charge in [-0.1, -0.05) is 32.4 Å². The second-order valence-electron chi connectivity index (χ2n) is 9.24. The zero-order valence-electron chi connectivity index (χ0n) is 24.0. The number of rotatable bonds is 11. The van der Waals surface area contributed by atoms with E-state index >= 15 is 0 Å². The summed E-state index contributed by atoms with van der Waals surface area (Å²) in [5.41, 5.74) is 0.965. The standard InChI is InChI=1S/C32H30O10/c1-17(2)28(33)38-23-14-24(39-29(34)18(3)4)16-25(15-23)40-32(37)21(9)12-22-10-11-26(41-30(35)19(5)6)27(13-22)42-31(36)20(7)8/h10-16H,1,3,5,7H2,2,4,6,8-9H3/b21-12+. The predicted molar refractivity (Wildman–Crippen MR) is 154 cm³/mol. The normalized spacial score (nSPS) is 10.5. The largest absolute Gasteiger partial charge is 0.423 e. The smallest absolute Gasteiger partial charge is 0.339 e. The van der Waals surface area contributed by atoms with Crippen LogP contribution in [0.5, 0.6) is 28.7 Å². The molecule has 0 aromatic heterocycles. The van der Waals surface area contributed by atoms with Crippen molar-refractivity contribution in [3.63, 3.8) is 0 Å². The topological polar surface area (TPSA) is 132 Å². The molecule has 10 heteroatoms. The minimum Gasteiger partial charge on any atom is -0.423 e. The molecule has 0 N–H and O–H groups in total. The minimum absolute atomic E-state index is 0.0482. The molecule has 0 bridgehead atoms. The Balaban J connectivity index is 2.40. The summed E-state index contributed by atoms with van der Waals surface area (Å²) in [5.74, 6) is -4.15. The van der Waals surface area contributed by atoms with E-state index in [0.29, 0.717) is 5.56 Å². The van der Waals surface area contributed by atoms with Crippen molar-refractivity contribution >= 4 is 35.9 Å². The van der Waals surface area contributed by atoms with Crippen LogP contribution < -0.4 is 23.7 Å². The molecule has 0 saturated carbocycles. The summed E-state index contributed by atoms with van der Waals surface area (Å²) >= 11 is 0. The Bertz CT molecular complexity index is 1510. The van der Waals surface area contributed by atoms with E-state index < -0.39 is 29.8 Å². The average molecular weight is 575 g/mol. The summed E-state index contributed by atoms with van der Waals surface area (Å²) in [5, 5.41) is 0. The highest BCUT2D eigenvalue weighted by Gasteiger charge is 2.18. The van der Waals surface area contributed by atoms with Crippen LogP contribution in [0.25, 0.3) is 6.08 Å². The molecule has 0 unspecified atom stereocenters. The second kappa shape index (κ2) is 14.2. The molecule has 0 saturated heterocycles. The van der Waals surface area contributed by atoms with Crippen molar-refractivity contribution in [1.82, 2.24) is 0 Å². The Labute approximate surface area is 243 Å². The van der Waals surface area contributed by atoms with Gasteiger partial charge in [0.25, 0.3) is 0 Å². The van der Waals surface area contributed by atoms with E-state index in [1.54, 1.807) is 0 Å². The Hall–Kier alpha value is -5.51. The maximum atomic E-state index is 12.9. The Kier molecular flexibility index (Phi) is 11.1. The SMILES string of the molecule is C=C(C)C(=O)Oc1cc(OC(=O)C(=C)C)cc(OC(=O)/C(C)=C/c2ccc(OC(=O)C(=C)C)c(OC(=O)C(=C)C)c2)c1. The first-order valence-corrected chi connectivity index (χ1v) is 12.3. The van der Waals surface area contributed by atoms with Gasteiger partial charge in [0, 0.05) is 46.1 Å². The maximum absolute atomic E-state index is 12.9. The fraction of sp³-hybridized carbons (Fsp3) is 0.156. The van der Waals surface area contributed by atoms with Crippen LogP contribution in [-0.2, 0) is 24.0 Å². The van der Waals surface area contributed by atoms with Crippen molar-refractivity contribution in [2.75, 3.05) is 0 Å². The van der Waals surface area contributed by atoms with E-state index in [1.807, 2.05) is 0 Å². The van der Waals surface area contributed by atoms with Crippen molar-refractivity contribution < 1.29 is 47.7 Å². The van der Waals surface area contributed by atoms with Gasteiger partial charge < -0.3 is 23.7 Å². The van der Waals surface area contributed by atoms with E-state index in [-0.39, 0.29) is 56.6 Å². The molecular weight excluding hydrogens is 544 g/mol. The molecule has 0 atom stereocenters. The van der Waals surface area contributed by atoms with Gasteiger partial charge in [0.15, 0.2) is 11.5 Å². The van der Waals surface area contributed by atoms with Crippen molar-refractivity contribution in [2.24, 2.45) is 0 Å². The van der Waals surface area contributed by atoms with Crippen LogP contribution >= 0.6 is 0 Å². The highest BCUT2D eigenvalue weighted by molar-refractivity contribution is 5.95. The lowest BCUT2D eigenvalue weighted by Crippen LogP contribution is -2.13. The summed E-state index contributed by atoms with van der Waals surface area (Å²) in [4.78, 5) is 61.1. The third kappa shape index (κ3) is 9.60. The highest BCUT2D eigenvalue weighted by Crippen LogP contribution is 2.32.